The van der Waals surface area contributed by atoms with Gasteiger partial charge in [-0.15, -0.1) is 0 Å². The Morgan fingerprint density at radius 1 is 0.892 bits per heavy atom. The molecule has 3 aromatic rings. The average Bonchev–Trinajstić information content (AvgIpc) is 3.28. The molecule has 0 spiro atoms. The van der Waals surface area contributed by atoms with Gasteiger partial charge in [0, 0.05) is 12.0 Å². The van der Waals surface area contributed by atoms with Crippen molar-refractivity contribution in [3.8, 4) is 11.1 Å². The first-order valence-corrected chi connectivity index (χ1v) is 11.3. The summed E-state index contributed by atoms with van der Waals surface area (Å²) in [7, 11) is 0. The van der Waals surface area contributed by atoms with Crippen molar-refractivity contribution in [3.05, 3.63) is 88.9 Å². The Hall–Kier alpha value is -3.37. The molecule has 11 heteroatoms. The molecule has 3 aromatic carbocycles. The van der Waals surface area contributed by atoms with Crippen LogP contribution in [0.4, 0.5) is 32.0 Å². The molecule has 0 aromatic heterocycles. The largest absolute Gasteiger partial charge is 0.431 e. The van der Waals surface area contributed by atoms with Gasteiger partial charge in [0.05, 0.1) is 22.5 Å². The van der Waals surface area contributed by atoms with Crippen molar-refractivity contribution in [2.24, 2.45) is 5.10 Å². The lowest BCUT2D eigenvalue weighted by molar-refractivity contribution is -0.338. The highest BCUT2D eigenvalue weighted by Gasteiger charge is 2.74. The molecule has 1 unspecified atom stereocenters. The minimum absolute atomic E-state index is 0.0576. The molecule has 1 atom stereocenters. The Balaban J connectivity index is 1.75. The van der Waals surface area contributed by atoms with Crippen molar-refractivity contribution < 1.29 is 36.2 Å². The summed E-state index contributed by atoms with van der Waals surface area (Å²) in [4.78, 5) is 11.5. The van der Waals surface area contributed by atoms with Crippen molar-refractivity contribution in [2.45, 2.75) is 37.3 Å². The number of para-hydroxylation sites is 1. The van der Waals surface area contributed by atoms with E-state index >= 15 is 0 Å². The van der Waals surface area contributed by atoms with Crippen LogP contribution in [0.5, 0.6) is 0 Å². The van der Waals surface area contributed by atoms with E-state index in [0.717, 1.165) is 10.6 Å². The lowest BCUT2D eigenvalue weighted by atomic mass is 9.89. The topological polar surface area (TPSA) is 52.9 Å². The minimum atomic E-state index is -6.05. The summed E-state index contributed by atoms with van der Waals surface area (Å²) in [5, 5.41) is 14.6. The molecule has 1 aliphatic rings. The van der Waals surface area contributed by atoms with Crippen molar-refractivity contribution >= 4 is 28.8 Å². The summed E-state index contributed by atoms with van der Waals surface area (Å²) in [6.07, 6.45) is -13.0. The van der Waals surface area contributed by atoms with Gasteiger partial charge in [0.15, 0.2) is 5.78 Å². The molecule has 1 heterocycles. The lowest BCUT2D eigenvalue weighted by Crippen LogP contribution is -2.62. The van der Waals surface area contributed by atoms with E-state index in [1.54, 1.807) is 54.6 Å². The number of ketones is 1. The molecule has 1 aliphatic heterocycles. The van der Waals surface area contributed by atoms with Crippen LogP contribution in [0, 0.1) is 0 Å². The fourth-order valence-electron chi connectivity index (χ4n) is 4.13. The van der Waals surface area contributed by atoms with Gasteiger partial charge in [0.25, 0.3) is 5.60 Å². The van der Waals surface area contributed by atoms with E-state index in [2.05, 4.69) is 5.10 Å². The Labute approximate surface area is 212 Å². The van der Waals surface area contributed by atoms with Crippen LogP contribution in [0.1, 0.15) is 35.3 Å². The van der Waals surface area contributed by atoms with Gasteiger partial charge in [-0.2, -0.15) is 31.4 Å². The predicted octanol–water partition coefficient (Wildman–Crippen LogP) is 7.37. The molecular formula is C26H19ClF6N2O2. The number of hydrogen-bond acceptors (Lipinski definition) is 4. The molecule has 0 fully saturated rings. The molecule has 0 amide bonds. The van der Waals surface area contributed by atoms with Gasteiger partial charge in [-0.25, -0.2) is 0 Å². The zero-order chi connectivity index (χ0) is 27.2. The summed E-state index contributed by atoms with van der Waals surface area (Å²) in [6.45, 7) is 1.44. The van der Waals surface area contributed by atoms with E-state index in [-0.39, 0.29) is 16.5 Å². The summed E-state index contributed by atoms with van der Waals surface area (Å²) in [5.41, 5.74) is -4.19. The Kier molecular flexibility index (Phi) is 6.85. The molecule has 0 saturated heterocycles. The average molecular weight is 541 g/mol. The van der Waals surface area contributed by atoms with Gasteiger partial charge in [0.2, 0.25) is 0 Å². The number of Topliss-reactive ketones (excluding diaryl/α,β-unsaturated/α-hetero) is 1. The van der Waals surface area contributed by atoms with Gasteiger partial charge < -0.3 is 5.11 Å². The number of alkyl halides is 6. The van der Waals surface area contributed by atoms with Crippen LogP contribution in [0.25, 0.3) is 11.1 Å². The Bertz CT molecular complexity index is 1320. The maximum absolute atomic E-state index is 13.6. The molecule has 1 N–H and O–H groups in total. The molecule has 4 nitrogen and oxygen atoms in total. The van der Waals surface area contributed by atoms with Gasteiger partial charge in [-0.1, -0.05) is 72.3 Å². The zero-order valence-corrected chi connectivity index (χ0v) is 19.9. The molecule has 194 valence electrons. The minimum Gasteiger partial charge on any atom is -0.369 e. The van der Waals surface area contributed by atoms with E-state index in [1.807, 2.05) is 0 Å². The van der Waals surface area contributed by atoms with E-state index in [4.69, 9.17) is 11.6 Å². The molecule has 0 bridgehead atoms. The standard InChI is InChI=1S/C26H19ClF6N2O2/c1-15(36)16-6-8-17(9-7-16)18-10-12-19(13-11-18)22-14-23(24(37,25(28,29)30)26(31,32)33)34-35(22)21-5-3-2-4-20(21)27/h2-13,22,37H,14H2,1H3. The quantitative estimate of drug-likeness (QED) is 0.271. The van der Waals surface area contributed by atoms with Gasteiger partial charge in [0.1, 0.15) is 0 Å². The summed E-state index contributed by atoms with van der Waals surface area (Å²) in [6, 6.07) is 18.0. The van der Waals surface area contributed by atoms with Gasteiger partial charge >= 0.3 is 12.4 Å². The van der Waals surface area contributed by atoms with Crippen LogP contribution >= 0.6 is 11.6 Å². The van der Waals surface area contributed by atoms with Crippen molar-refractivity contribution in [1.29, 1.82) is 0 Å². The van der Waals surface area contributed by atoms with E-state index in [0.29, 0.717) is 16.7 Å². The number of benzene rings is 3. The molecule has 4 rings (SSSR count). The fourth-order valence-corrected chi connectivity index (χ4v) is 4.35. The van der Waals surface area contributed by atoms with E-state index < -0.39 is 36.1 Å². The highest BCUT2D eigenvalue weighted by Crippen LogP contribution is 2.49. The SMILES string of the molecule is CC(=O)c1ccc(-c2ccc(C3CC(C(O)(C(F)(F)F)C(F)(F)F)=NN3c3ccccc3Cl)cc2)cc1. The third-order valence-electron chi connectivity index (χ3n) is 6.17. The van der Waals surface area contributed by atoms with Crippen molar-refractivity contribution in [2.75, 3.05) is 5.01 Å². The number of rotatable bonds is 5. The highest BCUT2D eigenvalue weighted by atomic mass is 35.5. The van der Waals surface area contributed by atoms with Crippen LogP contribution in [0.3, 0.4) is 0 Å². The number of hydrogen-bond donors (Lipinski definition) is 1. The molecule has 0 aliphatic carbocycles. The molecule has 37 heavy (non-hydrogen) atoms. The maximum atomic E-state index is 13.6. The third-order valence-corrected chi connectivity index (χ3v) is 6.49. The summed E-state index contributed by atoms with van der Waals surface area (Å²) < 4.78 is 81.6. The van der Waals surface area contributed by atoms with E-state index in [1.165, 1.54) is 25.1 Å². The monoisotopic (exact) mass is 540 g/mol. The lowest BCUT2D eigenvalue weighted by Gasteiger charge is -2.32. The number of carbonyl (C=O) groups excluding carboxylic acids is 1. The second kappa shape index (κ2) is 9.50. The smallest absolute Gasteiger partial charge is 0.369 e. The van der Waals surface area contributed by atoms with Crippen molar-refractivity contribution in [3.63, 3.8) is 0 Å². The molecule has 0 radical (unpaired) electrons. The van der Waals surface area contributed by atoms with E-state index in [9.17, 15) is 36.2 Å². The van der Waals surface area contributed by atoms with Crippen LogP contribution in [-0.4, -0.2) is 34.6 Å². The zero-order valence-electron chi connectivity index (χ0n) is 19.1. The first kappa shape index (κ1) is 26.7. The Morgan fingerprint density at radius 2 is 1.41 bits per heavy atom. The van der Waals surface area contributed by atoms with Crippen LogP contribution < -0.4 is 5.01 Å². The first-order valence-electron chi connectivity index (χ1n) is 10.9. The summed E-state index contributed by atoms with van der Waals surface area (Å²) >= 11 is 6.20. The molecule has 0 saturated carbocycles. The van der Waals surface area contributed by atoms with Crippen LogP contribution in [-0.2, 0) is 0 Å². The summed E-state index contributed by atoms with van der Waals surface area (Å²) in [5.74, 6) is -0.101. The highest BCUT2D eigenvalue weighted by molar-refractivity contribution is 6.33. The predicted molar refractivity (Wildman–Crippen MR) is 128 cm³/mol. The van der Waals surface area contributed by atoms with Gasteiger partial charge in [-0.05, 0) is 35.7 Å². The second-order valence-electron chi connectivity index (χ2n) is 8.52. The number of anilines is 1. The number of hydrazone groups is 1. The second-order valence-corrected chi connectivity index (χ2v) is 8.93. The van der Waals surface area contributed by atoms with Crippen molar-refractivity contribution in [1.82, 2.24) is 0 Å². The maximum Gasteiger partial charge on any atom is 0.431 e. The number of aliphatic hydroxyl groups is 1. The fraction of sp³-hybridized carbons (Fsp3) is 0.231. The van der Waals surface area contributed by atoms with Crippen LogP contribution in [0.2, 0.25) is 5.02 Å². The third kappa shape index (κ3) is 4.83. The first-order chi connectivity index (χ1) is 17.2. The van der Waals surface area contributed by atoms with Gasteiger partial charge in [-0.3, -0.25) is 9.80 Å². The Morgan fingerprint density at radius 3 is 1.89 bits per heavy atom. The number of halogens is 7. The van der Waals surface area contributed by atoms with Crippen LogP contribution in [0.15, 0.2) is 77.9 Å². The number of carbonyl (C=O) groups is 1. The molecular weight excluding hydrogens is 522 g/mol. The normalized spacial score (nSPS) is 16.6. The number of nitrogens with zero attached hydrogens (tertiary/aromatic N) is 2.